The Balaban J connectivity index is 3.09. The minimum absolute atomic E-state index is 0.139. The fourth-order valence-corrected chi connectivity index (χ4v) is 0.880. The summed E-state index contributed by atoms with van der Waals surface area (Å²) in [6.45, 7) is 1.85. The van der Waals surface area contributed by atoms with Gasteiger partial charge in [0.15, 0.2) is 0 Å². The van der Waals surface area contributed by atoms with Crippen molar-refractivity contribution >= 4 is 5.69 Å². The van der Waals surface area contributed by atoms with Crippen LogP contribution in [0.2, 0.25) is 0 Å². The second-order valence-corrected chi connectivity index (χ2v) is 2.22. The van der Waals surface area contributed by atoms with E-state index in [0.29, 0.717) is 12.0 Å². The van der Waals surface area contributed by atoms with Gasteiger partial charge in [0.05, 0.1) is 0 Å². The molecule has 0 aliphatic rings. The second kappa shape index (κ2) is 3.23. The van der Waals surface area contributed by atoms with Gasteiger partial charge in [0.2, 0.25) is 0 Å². The van der Waals surface area contributed by atoms with Gasteiger partial charge in [-0.25, -0.2) is 4.39 Å². The van der Waals surface area contributed by atoms with Crippen molar-refractivity contribution in [2.75, 3.05) is 0 Å². The third-order valence-electron chi connectivity index (χ3n) is 1.52. The molecule has 1 rings (SSSR count). The Hall–Kier alpha value is -1.25. The molecule has 0 unspecified atom stereocenters. The number of nitroso groups, excluding NO2 is 1. The Kier molecular flexibility index (Phi) is 2.31. The third kappa shape index (κ3) is 1.61. The number of nitrogens with zero attached hydrogens (tertiary/aromatic N) is 1. The zero-order valence-corrected chi connectivity index (χ0v) is 6.17. The molecule has 1 aromatic rings. The van der Waals surface area contributed by atoms with Gasteiger partial charge in [0.1, 0.15) is 11.5 Å². The van der Waals surface area contributed by atoms with E-state index >= 15 is 0 Å². The molecule has 0 aliphatic heterocycles. The van der Waals surface area contributed by atoms with Gasteiger partial charge < -0.3 is 0 Å². The molecule has 0 aromatic heterocycles. The topological polar surface area (TPSA) is 29.4 Å². The van der Waals surface area contributed by atoms with Crippen molar-refractivity contribution in [3.63, 3.8) is 0 Å². The molecule has 2 nitrogen and oxygen atoms in total. The molecule has 0 N–H and O–H groups in total. The van der Waals surface area contributed by atoms with Crippen molar-refractivity contribution in [2.45, 2.75) is 13.3 Å². The lowest BCUT2D eigenvalue weighted by Crippen LogP contribution is -1.85. The molecule has 1 aromatic carbocycles. The Bertz CT molecular complexity index is 273. The molecule has 58 valence electrons. The van der Waals surface area contributed by atoms with E-state index in [1.807, 2.05) is 6.92 Å². The van der Waals surface area contributed by atoms with Gasteiger partial charge >= 0.3 is 0 Å². The minimum atomic E-state index is -0.357. The van der Waals surface area contributed by atoms with E-state index in [2.05, 4.69) is 5.18 Å². The monoisotopic (exact) mass is 153 g/mol. The zero-order chi connectivity index (χ0) is 8.27. The first-order chi connectivity index (χ1) is 5.27. The van der Waals surface area contributed by atoms with Crippen LogP contribution < -0.4 is 0 Å². The number of rotatable bonds is 2. The maximum Gasteiger partial charge on any atom is 0.128 e. The molecule has 0 heterocycles. The zero-order valence-electron chi connectivity index (χ0n) is 6.17. The number of aryl methyl sites for hydroxylation is 1. The Morgan fingerprint density at radius 3 is 2.73 bits per heavy atom. The highest BCUT2D eigenvalue weighted by Gasteiger charge is 2.00. The van der Waals surface area contributed by atoms with Crippen LogP contribution in [-0.4, -0.2) is 0 Å². The molecule has 0 fully saturated rings. The molecule has 0 amide bonds. The van der Waals surface area contributed by atoms with E-state index in [-0.39, 0.29) is 11.5 Å². The molecule has 3 heteroatoms. The molecule has 0 bridgehead atoms. The summed E-state index contributed by atoms with van der Waals surface area (Å²) >= 11 is 0. The van der Waals surface area contributed by atoms with Crippen LogP contribution in [0.5, 0.6) is 0 Å². The van der Waals surface area contributed by atoms with Crippen LogP contribution >= 0.6 is 0 Å². The smallest absolute Gasteiger partial charge is 0.128 e. The van der Waals surface area contributed by atoms with Crippen molar-refractivity contribution in [1.82, 2.24) is 0 Å². The summed E-state index contributed by atoms with van der Waals surface area (Å²) in [6, 6.07) is 4.23. The molecular formula is C8H8FNO. The first-order valence-electron chi connectivity index (χ1n) is 3.39. The third-order valence-corrected chi connectivity index (χ3v) is 1.52. The maximum absolute atomic E-state index is 12.8. The summed E-state index contributed by atoms with van der Waals surface area (Å²) in [7, 11) is 0. The fourth-order valence-electron chi connectivity index (χ4n) is 0.880. The molecule has 11 heavy (non-hydrogen) atoms. The normalized spacial score (nSPS) is 9.64. The Labute approximate surface area is 64.0 Å². The van der Waals surface area contributed by atoms with Gasteiger partial charge in [-0.3, -0.25) is 0 Å². The standard InChI is InChI=1S/C8H8FNO/c1-2-6-3-4-7(10-11)5-8(6)9/h3-5H,2H2,1H3. The highest BCUT2D eigenvalue weighted by atomic mass is 19.1. The summed E-state index contributed by atoms with van der Waals surface area (Å²) in [5, 5.41) is 2.62. The molecule has 0 radical (unpaired) electrons. The number of hydrogen-bond donors (Lipinski definition) is 0. The van der Waals surface area contributed by atoms with Crippen LogP contribution in [0.1, 0.15) is 12.5 Å². The molecule has 0 atom stereocenters. The average molecular weight is 153 g/mol. The van der Waals surface area contributed by atoms with Crippen molar-refractivity contribution in [3.05, 3.63) is 34.5 Å². The van der Waals surface area contributed by atoms with Crippen molar-refractivity contribution in [1.29, 1.82) is 0 Å². The SMILES string of the molecule is CCc1ccc(N=O)cc1F. The van der Waals surface area contributed by atoms with Crippen molar-refractivity contribution in [2.24, 2.45) is 5.18 Å². The summed E-state index contributed by atoms with van der Waals surface area (Å²) in [5.41, 5.74) is 0.747. The summed E-state index contributed by atoms with van der Waals surface area (Å²) < 4.78 is 12.8. The lowest BCUT2D eigenvalue weighted by molar-refractivity contribution is 0.612. The fraction of sp³-hybridized carbons (Fsp3) is 0.250. The van der Waals surface area contributed by atoms with E-state index in [0.717, 1.165) is 6.07 Å². The molecule has 0 spiro atoms. The second-order valence-electron chi connectivity index (χ2n) is 2.22. The molecule has 0 saturated heterocycles. The van der Waals surface area contributed by atoms with E-state index in [9.17, 15) is 9.30 Å². The highest BCUT2D eigenvalue weighted by molar-refractivity contribution is 5.39. The van der Waals surface area contributed by atoms with E-state index in [1.54, 1.807) is 6.07 Å². The van der Waals surface area contributed by atoms with Crippen molar-refractivity contribution in [3.8, 4) is 0 Å². The maximum atomic E-state index is 12.8. The van der Waals surface area contributed by atoms with E-state index in [4.69, 9.17) is 0 Å². The predicted molar refractivity (Wildman–Crippen MR) is 41.2 cm³/mol. The van der Waals surface area contributed by atoms with E-state index in [1.165, 1.54) is 6.07 Å². The predicted octanol–water partition coefficient (Wildman–Crippen LogP) is 2.79. The highest BCUT2D eigenvalue weighted by Crippen LogP contribution is 2.16. The quantitative estimate of drug-likeness (QED) is 0.600. The number of benzene rings is 1. The van der Waals surface area contributed by atoms with Gasteiger partial charge in [-0.15, -0.1) is 4.91 Å². The van der Waals surface area contributed by atoms with Gasteiger partial charge in [-0.2, -0.15) is 0 Å². The average Bonchev–Trinajstić information content (AvgIpc) is 2.04. The lowest BCUT2D eigenvalue weighted by Gasteiger charge is -1.97. The molecule has 0 aliphatic carbocycles. The van der Waals surface area contributed by atoms with Crippen LogP contribution in [0.25, 0.3) is 0 Å². The number of halogens is 1. The van der Waals surface area contributed by atoms with Crippen LogP contribution in [-0.2, 0) is 6.42 Å². The van der Waals surface area contributed by atoms with Gasteiger partial charge in [0.25, 0.3) is 0 Å². The summed E-state index contributed by atoms with van der Waals surface area (Å²) in [6.07, 6.45) is 0.630. The summed E-state index contributed by atoms with van der Waals surface area (Å²) in [5.74, 6) is -0.357. The number of hydrogen-bond acceptors (Lipinski definition) is 2. The lowest BCUT2D eigenvalue weighted by atomic mass is 10.1. The largest absolute Gasteiger partial charge is 0.207 e. The van der Waals surface area contributed by atoms with Gasteiger partial charge in [0, 0.05) is 6.07 Å². The summed E-state index contributed by atoms with van der Waals surface area (Å²) in [4.78, 5) is 9.94. The molecule has 0 saturated carbocycles. The Morgan fingerprint density at radius 1 is 1.55 bits per heavy atom. The van der Waals surface area contributed by atoms with Gasteiger partial charge in [-0.05, 0) is 23.2 Å². The first-order valence-corrected chi connectivity index (χ1v) is 3.39. The van der Waals surface area contributed by atoms with Crippen LogP contribution in [0.3, 0.4) is 0 Å². The van der Waals surface area contributed by atoms with E-state index < -0.39 is 0 Å². The first kappa shape index (κ1) is 7.85. The minimum Gasteiger partial charge on any atom is -0.207 e. The van der Waals surface area contributed by atoms with Crippen LogP contribution in [0, 0.1) is 10.7 Å². The van der Waals surface area contributed by atoms with Crippen molar-refractivity contribution < 1.29 is 4.39 Å². The van der Waals surface area contributed by atoms with Crippen LogP contribution in [0.4, 0.5) is 10.1 Å². The Morgan fingerprint density at radius 2 is 2.27 bits per heavy atom. The molecular weight excluding hydrogens is 145 g/mol. The van der Waals surface area contributed by atoms with Crippen LogP contribution in [0.15, 0.2) is 23.4 Å². The van der Waals surface area contributed by atoms with Gasteiger partial charge in [-0.1, -0.05) is 13.0 Å².